The zero-order valence-corrected chi connectivity index (χ0v) is 25.6. The molecule has 45 heavy (non-hydrogen) atoms. The van der Waals surface area contributed by atoms with E-state index >= 15 is 0 Å². The average Bonchev–Trinajstić information content (AvgIpc) is 3.11. The van der Waals surface area contributed by atoms with Crippen LogP contribution in [0.3, 0.4) is 0 Å². The Morgan fingerprint density at radius 1 is 0.756 bits per heavy atom. The van der Waals surface area contributed by atoms with E-state index in [4.69, 9.17) is 16.4 Å². The Morgan fingerprint density at radius 2 is 1.47 bits per heavy atom. The molecule has 1 atom stereocenters. The molecule has 0 spiro atoms. The van der Waals surface area contributed by atoms with Gasteiger partial charge in [-0.25, -0.2) is 4.99 Å². The first kappa shape index (κ1) is 27.2. The van der Waals surface area contributed by atoms with Crippen LogP contribution in [0, 0.1) is 12.3 Å². The van der Waals surface area contributed by atoms with Gasteiger partial charge in [0.25, 0.3) is 0 Å². The van der Waals surface area contributed by atoms with Crippen LogP contribution in [0.5, 0.6) is 0 Å². The van der Waals surface area contributed by atoms with Crippen LogP contribution >= 0.6 is 11.8 Å². The van der Waals surface area contributed by atoms with Crippen molar-refractivity contribution in [3.05, 3.63) is 161 Å². The molecule has 0 radical (unpaired) electrons. The summed E-state index contributed by atoms with van der Waals surface area (Å²) in [5.74, 6) is 3.79. The van der Waals surface area contributed by atoms with E-state index in [0.717, 1.165) is 73.3 Å². The second kappa shape index (κ2) is 11.3. The number of rotatable bonds is 2. The molecule has 3 nitrogen and oxygen atoms in total. The van der Waals surface area contributed by atoms with E-state index in [0.29, 0.717) is 0 Å². The zero-order chi connectivity index (χ0) is 30.3. The molecule has 214 valence electrons. The van der Waals surface area contributed by atoms with Crippen LogP contribution < -0.4 is 4.90 Å². The number of thioether (sulfide) groups is 1. The van der Waals surface area contributed by atoms with Crippen molar-refractivity contribution in [3.8, 4) is 34.6 Å². The highest BCUT2D eigenvalue weighted by molar-refractivity contribution is 8.03. The van der Waals surface area contributed by atoms with Gasteiger partial charge in [-0.05, 0) is 82.8 Å². The van der Waals surface area contributed by atoms with E-state index in [9.17, 15) is 0 Å². The van der Waals surface area contributed by atoms with Crippen molar-refractivity contribution in [2.45, 2.75) is 24.3 Å². The lowest BCUT2D eigenvalue weighted by molar-refractivity contribution is 0.754. The Balaban J connectivity index is 1.39. The van der Waals surface area contributed by atoms with Gasteiger partial charge in [0.15, 0.2) is 5.84 Å². The summed E-state index contributed by atoms with van der Waals surface area (Å²) in [6.07, 6.45) is 11.1. The van der Waals surface area contributed by atoms with Crippen LogP contribution in [0.1, 0.15) is 36.1 Å². The minimum atomic E-state index is -0.0587. The Hall–Kier alpha value is -5.37. The molecule has 5 aromatic rings. The summed E-state index contributed by atoms with van der Waals surface area (Å²) < 4.78 is 0. The van der Waals surface area contributed by atoms with Gasteiger partial charge in [-0.2, -0.15) is 0 Å². The number of amidine groups is 1. The lowest BCUT2D eigenvalue weighted by Crippen LogP contribution is -2.20. The summed E-state index contributed by atoms with van der Waals surface area (Å²) in [6.45, 7) is 2.03. The van der Waals surface area contributed by atoms with Gasteiger partial charge < -0.3 is 4.90 Å². The summed E-state index contributed by atoms with van der Waals surface area (Å²) in [5.41, 5.74) is 11.8. The largest absolute Gasteiger partial charge is 0.301 e. The van der Waals surface area contributed by atoms with Crippen molar-refractivity contribution in [2.75, 3.05) is 4.90 Å². The number of aliphatic imine (C=N–C) groups is 2. The SMILES string of the molecule is C#CC1=C(/C=C\C)Sc2ccc3cc2N1c1cccc(c1)-c1cccc(c1)C1=N[C@H](CC(c2ccccc2)=N1)c1cccc-3c1. The molecule has 0 N–H and O–H groups in total. The van der Waals surface area contributed by atoms with Gasteiger partial charge >= 0.3 is 0 Å². The molecule has 3 heterocycles. The second-order valence-electron chi connectivity index (χ2n) is 11.3. The first-order valence-corrected chi connectivity index (χ1v) is 16.0. The number of anilines is 2. The van der Waals surface area contributed by atoms with Crippen molar-refractivity contribution in [2.24, 2.45) is 9.98 Å². The topological polar surface area (TPSA) is 28.0 Å². The number of benzene rings is 5. The van der Waals surface area contributed by atoms with Crippen LogP contribution in [0.4, 0.5) is 11.4 Å². The van der Waals surface area contributed by atoms with Crippen LogP contribution in [0.15, 0.2) is 159 Å². The van der Waals surface area contributed by atoms with E-state index in [2.05, 4.69) is 132 Å². The molecule has 0 unspecified atom stereocenters. The molecule has 0 aromatic heterocycles. The quantitative estimate of drug-likeness (QED) is 0.190. The monoisotopic (exact) mass is 595 g/mol. The third kappa shape index (κ3) is 4.92. The van der Waals surface area contributed by atoms with Gasteiger partial charge in [-0.1, -0.05) is 109 Å². The summed E-state index contributed by atoms with van der Waals surface area (Å²) in [4.78, 5) is 14.9. The molecule has 8 rings (SSSR count). The number of terminal acetylenes is 1. The Bertz CT molecular complexity index is 2150. The second-order valence-corrected chi connectivity index (χ2v) is 12.4. The van der Waals surface area contributed by atoms with Crippen molar-refractivity contribution in [3.63, 3.8) is 0 Å². The fourth-order valence-electron chi connectivity index (χ4n) is 6.33. The fourth-order valence-corrected chi connectivity index (χ4v) is 7.41. The molecule has 3 aliphatic rings. The van der Waals surface area contributed by atoms with Gasteiger partial charge in [0, 0.05) is 27.5 Å². The molecular formula is C41H29N3S. The van der Waals surface area contributed by atoms with Gasteiger partial charge in [0.05, 0.1) is 17.4 Å². The first-order chi connectivity index (χ1) is 22.2. The molecule has 5 aromatic carbocycles. The van der Waals surface area contributed by atoms with E-state index in [1.54, 1.807) is 11.8 Å². The molecule has 3 aliphatic heterocycles. The first-order valence-electron chi connectivity index (χ1n) is 15.2. The fraction of sp³-hybridized carbons (Fsp3) is 0.0732. The summed E-state index contributed by atoms with van der Waals surface area (Å²) in [7, 11) is 0. The number of hydrogen-bond donors (Lipinski definition) is 0. The van der Waals surface area contributed by atoms with Gasteiger partial charge in [-0.15, -0.1) is 6.42 Å². The van der Waals surface area contributed by atoms with Crippen LogP contribution in [0.25, 0.3) is 22.3 Å². The maximum absolute atomic E-state index is 6.26. The zero-order valence-electron chi connectivity index (χ0n) is 24.8. The Kier molecular flexibility index (Phi) is 6.82. The van der Waals surface area contributed by atoms with Gasteiger partial charge in [0.1, 0.15) is 5.70 Å². The van der Waals surface area contributed by atoms with Gasteiger partial charge in [-0.3, -0.25) is 4.99 Å². The van der Waals surface area contributed by atoms with Crippen molar-refractivity contribution in [1.29, 1.82) is 0 Å². The van der Waals surface area contributed by atoms with Crippen LogP contribution in [0.2, 0.25) is 0 Å². The summed E-state index contributed by atoms with van der Waals surface area (Å²) in [5, 5.41) is 0. The maximum atomic E-state index is 6.26. The maximum Gasteiger partial charge on any atom is 0.155 e. The average molecular weight is 596 g/mol. The van der Waals surface area contributed by atoms with E-state index < -0.39 is 0 Å². The highest BCUT2D eigenvalue weighted by Gasteiger charge is 2.27. The van der Waals surface area contributed by atoms with E-state index in [1.807, 2.05) is 19.1 Å². The number of fused-ring (bicyclic) bond motifs is 13. The lowest BCUT2D eigenvalue weighted by Gasteiger charge is -2.33. The van der Waals surface area contributed by atoms with E-state index in [-0.39, 0.29) is 6.04 Å². The van der Waals surface area contributed by atoms with Crippen molar-refractivity contribution < 1.29 is 0 Å². The standard InChI is InChI=1S/C41H29N3S/c1-3-11-39-37(4-2)44-34-19-10-16-30(24-34)29-15-9-18-33(23-29)41-42-35(27-12-6-5-7-13-27)26-36(43-41)32-17-8-14-28(22-32)31-20-21-40(45-39)38(44)25-31/h2-3,5-25,36H,26H2,1H3/b11-3-/t36-/m1/s1. The lowest BCUT2D eigenvalue weighted by atomic mass is 9.93. The van der Waals surface area contributed by atoms with Crippen LogP contribution in [-0.2, 0) is 0 Å². The number of allylic oxidation sites excluding steroid dienone is 3. The predicted molar refractivity (Wildman–Crippen MR) is 189 cm³/mol. The molecule has 0 aliphatic carbocycles. The smallest absolute Gasteiger partial charge is 0.155 e. The Morgan fingerprint density at radius 3 is 2.29 bits per heavy atom. The minimum absolute atomic E-state index is 0.0587. The molecular weight excluding hydrogens is 567 g/mol. The number of nitrogens with zero attached hydrogens (tertiary/aromatic N) is 3. The number of hydrogen-bond acceptors (Lipinski definition) is 4. The van der Waals surface area contributed by atoms with Gasteiger partial charge in [0.2, 0.25) is 0 Å². The highest BCUT2D eigenvalue weighted by atomic mass is 32.2. The van der Waals surface area contributed by atoms with Crippen LogP contribution in [-0.4, -0.2) is 11.5 Å². The molecule has 0 fully saturated rings. The molecule has 4 heteroatoms. The molecule has 0 amide bonds. The normalized spacial score (nSPS) is 16.6. The third-order valence-electron chi connectivity index (χ3n) is 8.51. The van der Waals surface area contributed by atoms with Crippen molar-refractivity contribution in [1.82, 2.24) is 0 Å². The molecule has 0 saturated carbocycles. The molecule has 0 saturated heterocycles. The Labute approximate surface area is 268 Å². The van der Waals surface area contributed by atoms with Crippen molar-refractivity contribution >= 4 is 34.7 Å². The van der Waals surface area contributed by atoms with E-state index in [1.165, 1.54) is 10.5 Å². The highest BCUT2D eigenvalue weighted by Crippen LogP contribution is 2.49. The minimum Gasteiger partial charge on any atom is -0.301 e. The third-order valence-corrected chi connectivity index (χ3v) is 9.62. The summed E-state index contributed by atoms with van der Waals surface area (Å²) in [6, 6.07) is 43.1. The molecule has 10 bridgehead atoms. The summed E-state index contributed by atoms with van der Waals surface area (Å²) >= 11 is 1.72. The predicted octanol–water partition coefficient (Wildman–Crippen LogP) is 10.4.